The van der Waals surface area contributed by atoms with Gasteiger partial charge in [0.2, 0.25) is 0 Å². The predicted octanol–water partition coefficient (Wildman–Crippen LogP) is 4.98. The smallest absolute Gasteiger partial charge is 0.254 e. The molecule has 0 unspecified atom stereocenters. The zero-order valence-corrected chi connectivity index (χ0v) is 17.0. The van der Waals surface area contributed by atoms with Gasteiger partial charge in [0.05, 0.1) is 6.54 Å². The average Bonchev–Trinajstić information content (AvgIpc) is 3.34. The van der Waals surface area contributed by atoms with Gasteiger partial charge in [-0.3, -0.25) is 4.79 Å². The quantitative estimate of drug-likeness (QED) is 0.592. The van der Waals surface area contributed by atoms with E-state index >= 15 is 0 Å². The normalized spacial score (nSPS) is 14.8. The Hall–Kier alpha value is -2.76. The molecule has 1 fully saturated rings. The highest BCUT2D eigenvalue weighted by Crippen LogP contribution is 2.33. The maximum absolute atomic E-state index is 13.3. The Morgan fingerprint density at radius 1 is 1.21 bits per heavy atom. The zero-order valence-electron chi connectivity index (χ0n) is 17.0. The number of halogens is 1. The van der Waals surface area contributed by atoms with Crippen molar-refractivity contribution in [1.29, 1.82) is 0 Å². The van der Waals surface area contributed by atoms with Crippen LogP contribution in [-0.2, 0) is 6.54 Å². The fourth-order valence-electron chi connectivity index (χ4n) is 4.24. The first-order valence-corrected chi connectivity index (χ1v) is 10.4. The lowest BCUT2D eigenvalue weighted by molar-refractivity contribution is 0.0715. The van der Waals surface area contributed by atoms with E-state index < -0.39 is 0 Å². The molecule has 1 saturated carbocycles. The summed E-state index contributed by atoms with van der Waals surface area (Å²) in [6, 6.07) is 10.0. The number of aromatic nitrogens is 3. The van der Waals surface area contributed by atoms with Crippen molar-refractivity contribution >= 4 is 17.1 Å². The lowest BCUT2D eigenvalue weighted by atomic mass is 10.1. The van der Waals surface area contributed by atoms with Crippen molar-refractivity contribution in [2.24, 2.45) is 5.92 Å². The highest BCUT2D eigenvalue weighted by Gasteiger charge is 2.26. The first-order valence-electron chi connectivity index (χ1n) is 10.4. The highest BCUT2D eigenvalue weighted by atomic mass is 19.1. The molecule has 0 aliphatic heterocycles. The van der Waals surface area contributed by atoms with Crippen LogP contribution < -0.4 is 0 Å². The van der Waals surface area contributed by atoms with Crippen molar-refractivity contribution in [2.45, 2.75) is 52.1 Å². The van der Waals surface area contributed by atoms with Gasteiger partial charge in [0, 0.05) is 24.3 Å². The summed E-state index contributed by atoms with van der Waals surface area (Å²) in [4.78, 5) is 24.4. The molecular formula is C23H27FN4O. The summed E-state index contributed by atoms with van der Waals surface area (Å²) in [6.07, 6.45) is 6.45. The third kappa shape index (κ3) is 4.16. The molecule has 0 bridgehead atoms. The minimum absolute atomic E-state index is 0.100. The zero-order chi connectivity index (χ0) is 20.4. The van der Waals surface area contributed by atoms with Crippen LogP contribution in [0.25, 0.3) is 11.2 Å². The van der Waals surface area contributed by atoms with Crippen LogP contribution in [0.4, 0.5) is 4.39 Å². The third-order valence-corrected chi connectivity index (χ3v) is 5.51. The largest absolute Gasteiger partial charge is 0.331 e. The summed E-state index contributed by atoms with van der Waals surface area (Å²) in [7, 11) is 0. The first-order chi connectivity index (χ1) is 14.0. The second kappa shape index (κ2) is 8.31. The number of carbonyl (C=O) groups excluding carboxylic acids is 1. The lowest BCUT2D eigenvalue weighted by Crippen LogP contribution is -2.35. The summed E-state index contributed by atoms with van der Waals surface area (Å²) in [6.45, 7) is 5.21. The number of amides is 1. The van der Waals surface area contributed by atoms with Crippen molar-refractivity contribution in [3.63, 3.8) is 0 Å². The second-order valence-corrected chi connectivity index (χ2v) is 8.27. The highest BCUT2D eigenvalue weighted by molar-refractivity contribution is 5.94. The number of imidazole rings is 1. The van der Waals surface area contributed by atoms with Gasteiger partial charge in [-0.05, 0) is 55.2 Å². The van der Waals surface area contributed by atoms with Crippen LogP contribution in [0.15, 0.2) is 42.6 Å². The topological polar surface area (TPSA) is 51.0 Å². The van der Waals surface area contributed by atoms with E-state index in [0.717, 1.165) is 29.8 Å². The van der Waals surface area contributed by atoms with Crippen molar-refractivity contribution < 1.29 is 9.18 Å². The van der Waals surface area contributed by atoms with Gasteiger partial charge in [-0.1, -0.05) is 26.7 Å². The summed E-state index contributed by atoms with van der Waals surface area (Å²) in [5, 5.41) is 0. The number of benzene rings is 1. The Bertz CT molecular complexity index is 990. The van der Waals surface area contributed by atoms with E-state index in [1.807, 2.05) is 17.0 Å². The van der Waals surface area contributed by atoms with Gasteiger partial charge in [0.1, 0.15) is 17.2 Å². The standard InChI is InChI=1S/C23H27FN4O/c1-16(2)14-27(23(29)17-9-11-18(24)12-10-17)15-21-26-20-8-5-13-25-22(20)28(21)19-6-3-4-7-19/h5,8-13,16,19H,3-4,6-7,14-15H2,1-2H3. The maximum atomic E-state index is 13.3. The Labute approximate surface area is 170 Å². The van der Waals surface area contributed by atoms with E-state index in [-0.39, 0.29) is 11.7 Å². The predicted molar refractivity (Wildman–Crippen MR) is 111 cm³/mol. The summed E-state index contributed by atoms with van der Waals surface area (Å²) >= 11 is 0. The number of pyridine rings is 1. The van der Waals surface area contributed by atoms with Gasteiger partial charge in [-0.25, -0.2) is 14.4 Å². The number of nitrogens with zero attached hydrogens (tertiary/aromatic N) is 4. The Morgan fingerprint density at radius 2 is 1.93 bits per heavy atom. The molecule has 0 radical (unpaired) electrons. The number of carbonyl (C=O) groups is 1. The molecule has 5 nitrogen and oxygen atoms in total. The molecule has 3 aromatic rings. The van der Waals surface area contributed by atoms with E-state index in [1.54, 1.807) is 18.3 Å². The molecular weight excluding hydrogens is 367 g/mol. The van der Waals surface area contributed by atoms with Crippen LogP contribution in [-0.4, -0.2) is 31.9 Å². The van der Waals surface area contributed by atoms with E-state index in [1.165, 1.54) is 25.0 Å². The molecule has 152 valence electrons. The van der Waals surface area contributed by atoms with Crippen LogP contribution in [0.5, 0.6) is 0 Å². The first kappa shape index (κ1) is 19.6. The van der Waals surface area contributed by atoms with Crippen LogP contribution in [0, 0.1) is 11.7 Å². The number of rotatable bonds is 6. The number of hydrogen-bond acceptors (Lipinski definition) is 3. The van der Waals surface area contributed by atoms with Crippen molar-refractivity contribution in [2.75, 3.05) is 6.54 Å². The third-order valence-electron chi connectivity index (χ3n) is 5.51. The summed E-state index contributed by atoms with van der Waals surface area (Å²) in [5.41, 5.74) is 2.26. The SMILES string of the molecule is CC(C)CN(Cc1nc2cccnc2n1C1CCCC1)C(=O)c1ccc(F)cc1. The van der Waals surface area contributed by atoms with Gasteiger partial charge < -0.3 is 9.47 Å². The molecule has 0 N–H and O–H groups in total. The van der Waals surface area contributed by atoms with Gasteiger partial charge >= 0.3 is 0 Å². The maximum Gasteiger partial charge on any atom is 0.254 e. The molecule has 1 aromatic carbocycles. The fraction of sp³-hybridized carbons (Fsp3) is 0.435. The summed E-state index contributed by atoms with van der Waals surface area (Å²) in [5.74, 6) is 0.742. The fourth-order valence-corrected chi connectivity index (χ4v) is 4.24. The molecule has 2 aromatic heterocycles. The lowest BCUT2D eigenvalue weighted by Gasteiger charge is -2.26. The van der Waals surface area contributed by atoms with Crippen molar-refractivity contribution in [1.82, 2.24) is 19.4 Å². The van der Waals surface area contributed by atoms with Crippen LogP contribution in [0.1, 0.15) is 61.8 Å². The molecule has 1 aliphatic rings. The summed E-state index contributed by atoms with van der Waals surface area (Å²) < 4.78 is 15.6. The van der Waals surface area contributed by atoms with Gasteiger partial charge in [-0.2, -0.15) is 0 Å². The van der Waals surface area contributed by atoms with E-state index in [4.69, 9.17) is 4.98 Å². The molecule has 6 heteroatoms. The molecule has 2 heterocycles. The minimum Gasteiger partial charge on any atom is -0.331 e. The van der Waals surface area contributed by atoms with Crippen LogP contribution >= 0.6 is 0 Å². The second-order valence-electron chi connectivity index (χ2n) is 8.27. The van der Waals surface area contributed by atoms with Crippen LogP contribution in [0.2, 0.25) is 0 Å². The average molecular weight is 394 g/mol. The van der Waals surface area contributed by atoms with Gasteiger partial charge in [0.15, 0.2) is 5.65 Å². The van der Waals surface area contributed by atoms with Gasteiger partial charge in [-0.15, -0.1) is 0 Å². The van der Waals surface area contributed by atoms with E-state index in [2.05, 4.69) is 23.4 Å². The minimum atomic E-state index is -0.342. The van der Waals surface area contributed by atoms with E-state index in [0.29, 0.717) is 30.6 Å². The van der Waals surface area contributed by atoms with E-state index in [9.17, 15) is 9.18 Å². The molecule has 0 saturated heterocycles. The molecule has 1 amide bonds. The molecule has 29 heavy (non-hydrogen) atoms. The molecule has 1 aliphatic carbocycles. The van der Waals surface area contributed by atoms with Gasteiger partial charge in [0.25, 0.3) is 5.91 Å². The molecule has 0 atom stereocenters. The Morgan fingerprint density at radius 3 is 2.62 bits per heavy atom. The number of fused-ring (bicyclic) bond motifs is 1. The Kier molecular flexibility index (Phi) is 5.60. The molecule has 4 rings (SSSR count). The van der Waals surface area contributed by atoms with Crippen molar-refractivity contribution in [3.8, 4) is 0 Å². The Balaban J connectivity index is 1.70. The molecule has 0 spiro atoms. The monoisotopic (exact) mass is 394 g/mol. The van der Waals surface area contributed by atoms with Crippen LogP contribution in [0.3, 0.4) is 0 Å². The number of hydrogen-bond donors (Lipinski definition) is 0. The van der Waals surface area contributed by atoms with Crippen molar-refractivity contribution in [3.05, 3.63) is 59.8 Å².